The van der Waals surface area contributed by atoms with Crippen molar-refractivity contribution in [2.75, 3.05) is 17.2 Å². The second-order valence-electron chi connectivity index (χ2n) is 6.74. The van der Waals surface area contributed by atoms with Crippen LogP contribution in [-0.4, -0.2) is 17.7 Å². The van der Waals surface area contributed by atoms with Crippen LogP contribution >= 0.6 is 23.6 Å². The predicted octanol–water partition coefficient (Wildman–Crippen LogP) is 5.94. The maximum Gasteiger partial charge on any atom is 0.341 e. The third-order valence-electron chi connectivity index (χ3n) is 4.36. The fraction of sp³-hybridized carbons (Fsp3) is 0.217. The van der Waals surface area contributed by atoms with Crippen LogP contribution in [0.25, 0.3) is 0 Å². The number of aryl methyl sites for hydroxylation is 2. The van der Waals surface area contributed by atoms with Gasteiger partial charge in [0.25, 0.3) is 0 Å². The molecule has 0 aliphatic carbocycles. The van der Waals surface area contributed by atoms with Gasteiger partial charge in [0.05, 0.1) is 12.2 Å². The Bertz CT molecular complexity index is 1010. The van der Waals surface area contributed by atoms with Crippen molar-refractivity contribution in [2.45, 2.75) is 27.2 Å². The fourth-order valence-electron chi connectivity index (χ4n) is 2.99. The standard InChI is InChI=1S/C23H24N2O2S2/c1-4-27-22(26)19-14-18(13-17-8-6-5-7-9-17)29-21(19)25-23(28)24-20-11-10-15(2)12-16(20)3/h5-12,14H,4,13H2,1-3H3,(H2,24,25,28). The van der Waals surface area contributed by atoms with Gasteiger partial charge in [0.2, 0.25) is 0 Å². The summed E-state index contributed by atoms with van der Waals surface area (Å²) in [6, 6.07) is 18.2. The van der Waals surface area contributed by atoms with E-state index in [0.29, 0.717) is 22.3 Å². The third kappa shape index (κ3) is 5.65. The summed E-state index contributed by atoms with van der Waals surface area (Å²) in [6.07, 6.45) is 0.747. The van der Waals surface area contributed by atoms with E-state index in [0.717, 1.165) is 22.5 Å². The van der Waals surface area contributed by atoms with Gasteiger partial charge in [-0.05, 0) is 56.2 Å². The van der Waals surface area contributed by atoms with Crippen molar-refractivity contribution in [3.8, 4) is 0 Å². The summed E-state index contributed by atoms with van der Waals surface area (Å²) in [5.74, 6) is -0.347. The van der Waals surface area contributed by atoms with E-state index < -0.39 is 0 Å². The van der Waals surface area contributed by atoms with Gasteiger partial charge in [0.1, 0.15) is 5.00 Å². The van der Waals surface area contributed by atoms with Crippen molar-refractivity contribution in [1.29, 1.82) is 0 Å². The quantitative estimate of drug-likeness (QED) is 0.379. The van der Waals surface area contributed by atoms with Crippen molar-refractivity contribution in [3.05, 3.63) is 81.7 Å². The molecule has 0 fully saturated rings. The lowest BCUT2D eigenvalue weighted by Gasteiger charge is -2.13. The van der Waals surface area contributed by atoms with E-state index in [1.54, 1.807) is 6.92 Å². The van der Waals surface area contributed by atoms with Crippen LogP contribution in [0.3, 0.4) is 0 Å². The molecule has 0 aliphatic heterocycles. The minimum atomic E-state index is -0.347. The Labute approximate surface area is 180 Å². The Morgan fingerprint density at radius 2 is 1.83 bits per heavy atom. The highest BCUT2D eigenvalue weighted by Gasteiger charge is 2.18. The first-order chi connectivity index (χ1) is 14.0. The highest BCUT2D eigenvalue weighted by atomic mass is 32.1. The van der Waals surface area contributed by atoms with Crippen LogP contribution in [0.1, 0.15) is 38.8 Å². The number of anilines is 2. The monoisotopic (exact) mass is 424 g/mol. The lowest BCUT2D eigenvalue weighted by atomic mass is 10.1. The molecule has 0 spiro atoms. The van der Waals surface area contributed by atoms with Gasteiger partial charge in [0, 0.05) is 17.0 Å². The van der Waals surface area contributed by atoms with Crippen LogP contribution in [0.2, 0.25) is 0 Å². The first-order valence-corrected chi connectivity index (χ1v) is 10.7. The molecule has 6 heteroatoms. The largest absolute Gasteiger partial charge is 0.462 e. The molecular formula is C23H24N2O2S2. The normalized spacial score (nSPS) is 10.4. The number of hydrogen-bond donors (Lipinski definition) is 2. The summed E-state index contributed by atoms with van der Waals surface area (Å²) >= 11 is 7.01. The van der Waals surface area contributed by atoms with Gasteiger partial charge in [-0.2, -0.15) is 0 Å². The van der Waals surface area contributed by atoms with Gasteiger partial charge in [-0.15, -0.1) is 11.3 Å². The van der Waals surface area contributed by atoms with Crippen LogP contribution in [0.15, 0.2) is 54.6 Å². The highest BCUT2D eigenvalue weighted by Crippen LogP contribution is 2.31. The molecule has 1 aromatic heterocycles. The summed E-state index contributed by atoms with van der Waals surface area (Å²) in [4.78, 5) is 13.5. The zero-order valence-corrected chi connectivity index (χ0v) is 18.4. The maximum atomic E-state index is 12.4. The topological polar surface area (TPSA) is 50.4 Å². The predicted molar refractivity (Wildman–Crippen MR) is 125 cm³/mol. The van der Waals surface area contributed by atoms with Crippen molar-refractivity contribution >= 4 is 45.3 Å². The molecule has 3 rings (SSSR count). The second-order valence-corrected chi connectivity index (χ2v) is 8.28. The van der Waals surface area contributed by atoms with Crippen LogP contribution in [0.5, 0.6) is 0 Å². The van der Waals surface area contributed by atoms with E-state index in [1.807, 2.05) is 43.3 Å². The Kier molecular flexibility index (Phi) is 7.01. The number of carbonyl (C=O) groups excluding carboxylic acids is 1. The van der Waals surface area contributed by atoms with E-state index in [4.69, 9.17) is 17.0 Å². The number of esters is 1. The van der Waals surface area contributed by atoms with E-state index in [9.17, 15) is 4.79 Å². The fourth-order valence-corrected chi connectivity index (χ4v) is 4.35. The average molecular weight is 425 g/mol. The number of benzene rings is 2. The molecule has 2 aromatic carbocycles. The van der Waals surface area contributed by atoms with E-state index >= 15 is 0 Å². The number of nitrogens with one attached hydrogen (secondary N) is 2. The Hall–Kier alpha value is -2.70. The van der Waals surface area contributed by atoms with Crippen LogP contribution in [0, 0.1) is 13.8 Å². The molecule has 3 aromatic rings. The molecule has 0 atom stereocenters. The Balaban J connectivity index is 1.80. The molecule has 0 radical (unpaired) electrons. The highest BCUT2D eigenvalue weighted by molar-refractivity contribution is 7.80. The van der Waals surface area contributed by atoms with Gasteiger partial charge in [-0.3, -0.25) is 0 Å². The minimum absolute atomic E-state index is 0.327. The zero-order chi connectivity index (χ0) is 20.8. The van der Waals surface area contributed by atoms with Crippen LogP contribution in [0.4, 0.5) is 10.7 Å². The van der Waals surface area contributed by atoms with Gasteiger partial charge in [-0.1, -0.05) is 48.0 Å². The van der Waals surface area contributed by atoms with E-state index in [2.05, 4.69) is 35.8 Å². The van der Waals surface area contributed by atoms with Crippen LogP contribution in [-0.2, 0) is 11.2 Å². The molecule has 2 N–H and O–H groups in total. The summed E-state index contributed by atoms with van der Waals surface area (Å²) < 4.78 is 5.23. The molecule has 150 valence electrons. The van der Waals surface area contributed by atoms with Gasteiger partial charge in [0.15, 0.2) is 5.11 Å². The summed E-state index contributed by atoms with van der Waals surface area (Å²) in [6.45, 7) is 6.21. The molecule has 0 bridgehead atoms. The van der Waals surface area contributed by atoms with E-state index in [1.165, 1.54) is 22.5 Å². The van der Waals surface area contributed by atoms with Crippen molar-refractivity contribution in [2.24, 2.45) is 0 Å². The molecule has 0 saturated carbocycles. The molecule has 0 unspecified atom stereocenters. The van der Waals surface area contributed by atoms with Crippen molar-refractivity contribution in [1.82, 2.24) is 0 Å². The first kappa shape index (κ1) is 21.0. The lowest BCUT2D eigenvalue weighted by molar-refractivity contribution is 0.0528. The number of thiocarbonyl (C=S) groups is 1. The molecule has 4 nitrogen and oxygen atoms in total. The average Bonchev–Trinajstić information content (AvgIpc) is 3.07. The van der Waals surface area contributed by atoms with Gasteiger partial charge in [-0.25, -0.2) is 4.79 Å². The molecule has 0 saturated heterocycles. The number of hydrogen-bond acceptors (Lipinski definition) is 4. The minimum Gasteiger partial charge on any atom is -0.462 e. The van der Waals surface area contributed by atoms with Gasteiger partial charge >= 0.3 is 5.97 Å². The van der Waals surface area contributed by atoms with Crippen molar-refractivity contribution < 1.29 is 9.53 Å². The Morgan fingerprint density at radius 3 is 2.52 bits per heavy atom. The molecule has 29 heavy (non-hydrogen) atoms. The summed E-state index contributed by atoms with van der Waals surface area (Å²) in [7, 11) is 0. The third-order valence-corrected chi connectivity index (χ3v) is 5.61. The molecule has 0 amide bonds. The van der Waals surface area contributed by atoms with Crippen molar-refractivity contribution in [3.63, 3.8) is 0 Å². The number of rotatable bonds is 6. The summed E-state index contributed by atoms with van der Waals surface area (Å²) in [5, 5.41) is 7.53. The Morgan fingerprint density at radius 1 is 1.07 bits per heavy atom. The second kappa shape index (κ2) is 9.67. The first-order valence-electron chi connectivity index (χ1n) is 9.45. The maximum absolute atomic E-state index is 12.4. The smallest absolute Gasteiger partial charge is 0.341 e. The van der Waals surface area contributed by atoms with Crippen LogP contribution < -0.4 is 10.6 Å². The number of thiophene rings is 1. The number of carbonyl (C=O) groups is 1. The molecule has 0 aliphatic rings. The molecular weight excluding hydrogens is 400 g/mol. The van der Waals surface area contributed by atoms with E-state index in [-0.39, 0.29) is 5.97 Å². The number of ether oxygens (including phenoxy) is 1. The zero-order valence-electron chi connectivity index (χ0n) is 16.7. The molecule has 1 heterocycles. The SMILES string of the molecule is CCOC(=O)c1cc(Cc2ccccc2)sc1NC(=S)Nc1ccc(C)cc1C. The lowest BCUT2D eigenvalue weighted by Crippen LogP contribution is -2.20. The van der Waals surface area contributed by atoms with Gasteiger partial charge < -0.3 is 15.4 Å². The summed E-state index contributed by atoms with van der Waals surface area (Å²) in [5.41, 5.74) is 4.93.